The number of benzene rings is 2. The smallest absolute Gasteiger partial charge is 0.276 e. The normalized spacial score (nSPS) is 10.4. The summed E-state index contributed by atoms with van der Waals surface area (Å²) >= 11 is 0. The molecule has 0 unspecified atom stereocenters. The maximum absolute atomic E-state index is 12.5. The van der Waals surface area contributed by atoms with Crippen molar-refractivity contribution in [3.8, 4) is 11.4 Å². The van der Waals surface area contributed by atoms with E-state index >= 15 is 0 Å². The molecule has 2 aromatic carbocycles. The minimum absolute atomic E-state index is 0.281. The van der Waals surface area contributed by atoms with E-state index in [1.807, 2.05) is 60.7 Å². The molecule has 0 saturated heterocycles. The number of amides is 1. The lowest BCUT2D eigenvalue weighted by atomic mass is 10.3. The van der Waals surface area contributed by atoms with Crippen LogP contribution >= 0.6 is 0 Å². The van der Waals surface area contributed by atoms with Gasteiger partial charge in [-0.25, -0.2) is 4.68 Å². The van der Waals surface area contributed by atoms with Crippen LogP contribution in [-0.4, -0.2) is 20.7 Å². The van der Waals surface area contributed by atoms with E-state index in [-0.39, 0.29) is 5.91 Å². The van der Waals surface area contributed by atoms with Gasteiger partial charge in [0.1, 0.15) is 12.4 Å². The largest absolute Gasteiger partial charge is 0.487 e. The van der Waals surface area contributed by atoms with E-state index < -0.39 is 0 Å². The zero-order chi connectivity index (χ0) is 19.2. The van der Waals surface area contributed by atoms with Crippen LogP contribution in [0.3, 0.4) is 0 Å². The quantitative estimate of drug-likeness (QED) is 0.555. The molecule has 2 heterocycles. The molecule has 0 fully saturated rings. The van der Waals surface area contributed by atoms with Crippen LogP contribution in [0, 0.1) is 0 Å². The highest BCUT2D eigenvalue weighted by Crippen LogP contribution is 2.19. The van der Waals surface area contributed by atoms with Gasteiger partial charge >= 0.3 is 0 Å². The van der Waals surface area contributed by atoms with Crippen molar-refractivity contribution in [1.82, 2.24) is 14.8 Å². The Morgan fingerprint density at radius 3 is 2.64 bits per heavy atom. The van der Waals surface area contributed by atoms with E-state index in [0.717, 1.165) is 11.4 Å². The first kappa shape index (κ1) is 17.5. The van der Waals surface area contributed by atoms with Crippen LogP contribution in [-0.2, 0) is 6.61 Å². The number of ether oxygens (including phenoxy) is 1. The van der Waals surface area contributed by atoms with Crippen molar-refractivity contribution in [1.29, 1.82) is 0 Å². The Kier molecular flexibility index (Phi) is 5.11. The van der Waals surface area contributed by atoms with E-state index in [1.54, 1.807) is 35.3 Å². The summed E-state index contributed by atoms with van der Waals surface area (Å²) in [4.78, 5) is 16.7. The van der Waals surface area contributed by atoms with Gasteiger partial charge in [-0.3, -0.25) is 9.78 Å². The molecular weight excluding hydrogens is 352 g/mol. The van der Waals surface area contributed by atoms with E-state index in [4.69, 9.17) is 4.74 Å². The molecule has 0 bridgehead atoms. The predicted molar refractivity (Wildman–Crippen MR) is 107 cm³/mol. The molecule has 4 rings (SSSR count). The number of hydrogen-bond donors (Lipinski definition) is 1. The summed E-state index contributed by atoms with van der Waals surface area (Å²) in [7, 11) is 0. The van der Waals surface area contributed by atoms with Gasteiger partial charge in [-0.15, -0.1) is 0 Å². The fourth-order valence-corrected chi connectivity index (χ4v) is 2.67. The molecule has 0 aliphatic heterocycles. The average molecular weight is 370 g/mol. The number of hydrogen-bond acceptors (Lipinski definition) is 4. The lowest BCUT2D eigenvalue weighted by Crippen LogP contribution is -2.13. The second-order valence-electron chi connectivity index (χ2n) is 6.07. The molecular formula is C22H18N4O2. The van der Waals surface area contributed by atoms with Crippen LogP contribution in [0.15, 0.2) is 91.3 Å². The van der Waals surface area contributed by atoms with Crippen molar-refractivity contribution >= 4 is 11.6 Å². The molecule has 0 aliphatic carbocycles. The number of pyridine rings is 1. The maximum Gasteiger partial charge on any atom is 0.276 e. The molecule has 0 aliphatic rings. The molecule has 28 heavy (non-hydrogen) atoms. The van der Waals surface area contributed by atoms with Crippen molar-refractivity contribution in [2.24, 2.45) is 0 Å². The molecule has 1 N–H and O–H groups in total. The highest BCUT2D eigenvalue weighted by molar-refractivity contribution is 6.02. The molecule has 0 atom stereocenters. The summed E-state index contributed by atoms with van der Waals surface area (Å²) in [6.07, 6.45) is 3.49. The first-order valence-corrected chi connectivity index (χ1v) is 8.83. The van der Waals surface area contributed by atoms with Gasteiger partial charge in [-0.1, -0.05) is 30.3 Å². The van der Waals surface area contributed by atoms with Crippen molar-refractivity contribution in [2.45, 2.75) is 6.61 Å². The Morgan fingerprint density at radius 1 is 0.964 bits per heavy atom. The minimum Gasteiger partial charge on any atom is -0.487 e. The number of carbonyl (C=O) groups excluding carboxylic acids is 1. The third-order valence-electron chi connectivity index (χ3n) is 4.05. The summed E-state index contributed by atoms with van der Waals surface area (Å²) < 4.78 is 7.42. The lowest BCUT2D eigenvalue weighted by Gasteiger charge is -2.08. The van der Waals surface area contributed by atoms with Gasteiger partial charge in [0.15, 0.2) is 5.69 Å². The van der Waals surface area contributed by atoms with Gasteiger partial charge in [0.2, 0.25) is 0 Å². The number of nitrogens with zero attached hydrogens (tertiary/aromatic N) is 3. The Morgan fingerprint density at radius 2 is 1.82 bits per heavy atom. The monoisotopic (exact) mass is 370 g/mol. The van der Waals surface area contributed by atoms with Gasteiger partial charge in [0.05, 0.1) is 11.4 Å². The number of anilines is 1. The van der Waals surface area contributed by atoms with Crippen LogP contribution in [0.5, 0.6) is 5.75 Å². The van der Waals surface area contributed by atoms with Crippen LogP contribution in [0.2, 0.25) is 0 Å². The Bertz CT molecular complexity index is 1060. The molecule has 0 radical (unpaired) electrons. The SMILES string of the molecule is O=C(Nc1cccc(OCc2ccccn2)c1)c1ccn(-c2ccccc2)n1. The maximum atomic E-state index is 12.5. The molecule has 4 aromatic rings. The predicted octanol–water partition coefficient (Wildman–Crippen LogP) is 4.10. The summed E-state index contributed by atoms with van der Waals surface area (Å²) in [6, 6.07) is 24.2. The molecule has 1 amide bonds. The fraction of sp³-hybridized carbons (Fsp3) is 0.0455. The van der Waals surface area contributed by atoms with E-state index in [9.17, 15) is 4.79 Å². The highest BCUT2D eigenvalue weighted by atomic mass is 16.5. The summed E-state index contributed by atoms with van der Waals surface area (Å²) in [6.45, 7) is 0.361. The Balaban J connectivity index is 1.41. The molecule has 138 valence electrons. The summed E-state index contributed by atoms with van der Waals surface area (Å²) in [5.41, 5.74) is 2.70. The van der Waals surface area contributed by atoms with Gasteiger partial charge in [-0.2, -0.15) is 5.10 Å². The van der Waals surface area contributed by atoms with E-state index in [2.05, 4.69) is 15.4 Å². The van der Waals surface area contributed by atoms with Gasteiger partial charge in [0, 0.05) is 24.1 Å². The molecule has 0 saturated carbocycles. The molecule has 0 spiro atoms. The lowest BCUT2D eigenvalue weighted by molar-refractivity contribution is 0.102. The topological polar surface area (TPSA) is 69.0 Å². The van der Waals surface area contributed by atoms with Crippen molar-refractivity contribution in [3.63, 3.8) is 0 Å². The second-order valence-corrected chi connectivity index (χ2v) is 6.07. The fourth-order valence-electron chi connectivity index (χ4n) is 2.67. The number of para-hydroxylation sites is 1. The van der Waals surface area contributed by atoms with Crippen molar-refractivity contribution in [2.75, 3.05) is 5.32 Å². The summed E-state index contributed by atoms with van der Waals surface area (Å²) in [5, 5.41) is 7.19. The van der Waals surface area contributed by atoms with Crippen LogP contribution in [0.25, 0.3) is 5.69 Å². The van der Waals surface area contributed by atoms with Crippen molar-refractivity contribution in [3.05, 3.63) is 103 Å². The number of carbonyl (C=O) groups is 1. The van der Waals surface area contributed by atoms with E-state index in [1.165, 1.54) is 0 Å². The Hall–Kier alpha value is -3.93. The number of nitrogens with one attached hydrogen (secondary N) is 1. The average Bonchev–Trinajstić information content (AvgIpc) is 3.25. The minimum atomic E-state index is -0.281. The molecule has 6 nitrogen and oxygen atoms in total. The second kappa shape index (κ2) is 8.18. The third-order valence-corrected chi connectivity index (χ3v) is 4.05. The van der Waals surface area contributed by atoms with Gasteiger partial charge in [-0.05, 0) is 42.5 Å². The van der Waals surface area contributed by atoms with Crippen LogP contribution in [0.4, 0.5) is 5.69 Å². The zero-order valence-corrected chi connectivity index (χ0v) is 15.0. The van der Waals surface area contributed by atoms with Gasteiger partial charge in [0.25, 0.3) is 5.91 Å². The first-order chi connectivity index (χ1) is 13.8. The third kappa shape index (κ3) is 4.24. The highest BCUT2D eigenvalue weighted by Gasteiger charge is 2.11. The van der Waals surface area contributed by atoms with E-state index in [0.29, 0.717) is 23.7 Å². The zero-order valence-electron chi connectivity index (χ0n) is 15.0. The van der Waals surface area contributed by atoms with Crippen LogP contribution < -0.4 is 10.1 Å². The number of rotatable bonds is 6. The Labute approximate surface area is 162 Å². The number of aromatic nitrogens is 3. The molecule has 2 aromatic heterocycles. The van der Waals surface area contributed by atoms with Gasteiger partial charge < -0.3 is 10.1 Å². The molecule has 6 heteroatoms. The van der Waals surface area contributed by atoms with Crippen LogP contribution in [0.1, 0.15) is 16.2 Å². The first-order valence-electron chi connectivity index (χ1n) is 8.83. The summed E-state index contributed by atoms with van der Waals surface area (Å²) in [5.74, 6) is 0.370. The standard InChI is InChI=1S/C22H18N4O2/c27-22(21-12-14-26(25-21)19-9-2-1-3-10-19)24-17-8-6-11-20(15-17)28-16-18-7-4-5-13-23-18/h1-15H,16H2,(H,24,27). The van der Waals surface area contributed by atoms with Crippen molar-refractivity contribution < 1.29 is 9.53 Å².